The first-order valence-corrected chi connectivity index (χ1v) is 7.74. The Balaban J connectivity index is 0.000000659. The third-order valence-corrected chi connectivity index (χ3v) is 3.15. The smallest absolute Gasteiger partial charge is 0.128 e. The molecule has 0 unspecified atom stereocenters. The summed E-state index contributed by atoms with van der Waals surface area (Å²) in [7, 11) is 0. The fraction of sp³-hybridized carbons (Fsp3) is 0.571. The minimum Gasteiger partial charge on any atom is -0.355 e. The van der Waals surface area contributed by atoms with Crippen LogP contribution >= 0.6 is 11.8 Å². The summed E-state index contributed by atoms with van der Waals surface area (Å²) in [6.07, 6.45) is 1.64. The molecule has 3 nitrogen and oxygen atoms in total. The van der Waals surface area contributed by atoms with E-state index in [9.17, 15) is 0 Å². The highest BCUT2D eigenvalue weighted by atomic mass is 32.2. The zero-order valence-electron chi connectivity index (χ0n) is 11.8. The van der Waals surface area contributed by atoms with Gasteiger partial charge in [-0.05, 0) is 12.1 Å². The van der Waals surface area contributed by atoms with Gasteiger partial charge in [0, 0.05) is 30.8 Å². The van der Waals surface area contributed by atoms with Crippen LogP contribution in [0.5, 0.6) is 0 Å². The molecule has 1 saturated heterocycles. The molecule has 18 heavy (non-hydrogen) atoms. The van der Waals surface area contributed by atoms with Crippen LogP contribution < -0.4 is 4.90 Å². The monoisotopic (exact) mass is 265 g/mol. The topological polar surface area (TPSA) is 39.9 Å². The zero-order chi connectivity index (χ0) is 13.8. The molecule has 0 amide bonds. The van der Waals surface area contributed by atoms with Crippen LogP contribution in [0.15, 0.2) is 18.3 Å². The van der Waals surface area contributed by atoms with Crippen molar-refractivity contribution < 1.29 is 0 Å². The lowest BCUT2D eigenvalue weighted by molar-refractivity contribution is 0.839. The summed E-state index contributed by atoms with van der Waals surface area (Å²) < 4.78 is 0. The zero-order valence-corrected chi connectivity index (χ0v) is 12.6. The number of pyridine rings is 1. The first-order valence-electron chi connectivity index (χ1n) is 6.59. The predicted octanol–water partition coefficient (Wildman–Crippen LogP) is 3.56. The third kappa shape index (κ3) is 5.42. The summed E-state index contributed by atoms with van der Waals surface area (Å²) in [5.41, 5.74) is 0.625. The van der Waals surface area contributed by atoms with Crippen LogP contribution in [0.25, 0.3) is 0 Å². The average molecular weight is 265 g/mol. The standard InChI is InChI=1S/C10H11N3S.2C2H6/c11-7-9-1-2-10(12-8-9)13-3-5-14-6-4-13;2*1-2/h1-2,8H,3-6H2;2*1-2H3. The van der Waals surface area contributed by atoms with E-state index in [2.05, 4.69) is 16.0 Å². The molecule has 0 spiro atoms. The van der Waals surface area contributed by atoms with E-state index in [0.29, 0.717) is 5.56 Å². The van der Waals surface area contributed by atoms with E-state index in [1.165, 1.54) is 11.5 Å². The molecule has 0 aromatic carbocycles. The van der Waals surface area contributed by atoms with Crippen LogP contribution in [0, 0.1) is 11.3 Å². The predicted molar refractivity (Wildman–Crippen MR) is 81.2 cm³/mol. The molecule has 1 fully saturated rings. The maximum atomic E-state index is 8.63. The first-order chi connectivity index (χ1) is 8.90. The molecule has 2 heterocycles. The molecule has 0 aliphatic carbocycles. The van der Waals surface area contributed by atoms with Crippen LogP contribution in [-0.4, -0.2) is 29.6 Å². The van der Waals surface area contributed by atoms with E-state index in [0.717, 1.165) is 18.9 Å². The van der Waals surface area contributed by atoms with Crippen molar-refractivity contribution in [2.45, 2.75) is 27.7 Å². The fourth-order valence-electron chi connectivity index (χ4n) is 1.43. The summed E-state index contributed by atoms with van der Waals surface area (Å²) in [4.78, 5) is 6.53. The molecule has 1 aromatic heterocycles. The largest absolute Gasteiger partial charge is 0.355 e. The maximum Gasteiger partial charge on any atom is 0.128 e. The Morgan fingerprint density at radius 3 is 2.22 bits per heavy atom. The van der Waals surface area contributed by atoms with Gasteiger partial charge in [0.05, 0.1) is 5.56 Å². The number of anilines is 1. The minimum atomic E-state index is 0.625. The molecule has 4 heteroatoms. The molecule has 1 aliphatic heterocycles. The second-order valence-corrected chi connectivity index (χ2v) is 4.34. The summed E-state index contributed by atoms with van der Waals surface area (Å²) in [5.74, 6) is 3.33. The maximum absolute atomic E-state index is 8.63. The van der Waals surface area contributed by atoms with Gasteiger partial charge in [-0.3, -0.25) is 0 Å². The number of nitriles is 1. The van der Waals surface area contributed by atoms with E-state index < -0.39 is 0 Å². The molecule has 1 aliphatic rings. The van der Waals surface area contributed by atoms with Gasteiger partial charge < -0.3 is 4.90 Å². The summed E-state index contributed by atoms with van der Waals surface area (Å²) in [5, 5.41) is 8.63. The molecular weight excluding hydrogens is 242 g/mol. The van der Waals surface area contributed by atoms with Gasteiger partial charge in [0.2, 0.25) is 0 Å². The Labute approximate surface area is 115 Å². The number of hydrogen-bond acceptors (Lipinski definition) is 4. The summed E-state index contributed by atoms with van der Waals surface area (Å²) in [6.45, 7) is 10.1. The van der Waals surface area contributed by atoms with E-state index in [-0.39, 0.29) is 0 Å². The molecule has 0 atom stereocenters. The number of thioether (sulfide) groups is 1. The van der Waals surface area contributed by atoms with Crippen molar-refractivity contribution in [3.8, 4) is 6.07 Å². The minimum absolute atomic E-state index is 0.625. The highest BCUT2D eigenvalue weighted by molar-refractivity contribution is 7.99. The van der Waals surface area contributed by atoms with Crippen molar-refractivity contribution in [3.05, 3.63) is 23.9 Å². The van der Waals surface area contributed by atoms with Crippen LogP contribution in [0.1, 0.15) is 33.3 Å². The first kappa shape index (κ1) is 16.8. The van der Waals surface area contributed by atoms with Crippen LogP contribution in [0.4, 0.5) is 5.82 Å². The van der Waals surface area contributed by atoms with Crippen molar-refractivity contribution in [1.29, 1.82) is 5.26 Å². The SMILES string of the molecule is CC.CC.N#Cc1ccc(N2CCSCC2)nc1. The highest BCUT2D eigenvalue weighted by Gasteiger charge is 2.11. The molecular formula is C14H23N3S. The molecule has 2 rings (SSSR count). The second-order valence-electron chi connectivity index (χ2n) is 3.12. The number of aromatic nitrogens is 1. The van der Waals surface area contributed by atoms with E-state index in [1.54, 1.807) is 6.20 Å². The number of hydrogen-bond donors (Lipinski definition) is 0. The number of rotatable bonds is 1. The molecule has 0 radical (unpaired) electrons. The quantitative estimate of drug-likeness (QED) is 0.778. The molecule has 0 bridgehead atoms. The van der Waals surface area contributed by atoms with Gasteiger partial charge in [-0.1, -0.05) is 27.7 Å². The second kappa shape index (κ2) is 10.9. The Hall–Kier alpha value is -1.21. The van der Waals surface area contributed by atoms with Gasteiger partial charge in [0.25, 0.3) is 0 Å². The van der Waals surface area contributed by atoms with Crippen molar-refractivity contribution in [2.75, 3.05) is 29.5 Å². The summed E-state index contributed by atoms with van der Waals surface area (Å²) >= 11 is 1.98. The lowest BCUT2D eigenvalue weighted by Gasteiger charge is -2.27. The van der Waals surface area contributed by atoms with Gasteiger partial charge in [0.15, 0.2) is 0 Å². The Morgan fingerprint density at radius 2 is 1.78 bits per heavy atom. The van der Waals surface area contributed by atoms with Crippen molar-refractivity contribution >= 4 is 17.6 Å². The summed E-state index contributed by atoms with van der Waals surface area (Å²) in [6, 6.07) is 5.82. The van der Waals surface area contributed by atoms with E-state index in [4.69, 9.17) is 5.26 Å². The van der Waals surface area contributed by atoms with Crippen LogP contribution in [-0.2, 0) is 0 Å². The third-order valence-electron chi connectivity index (χ3n) is 2.21. The number of nitrogens with zero attached hydrogens (tertiary/aromatic N) is 3. The fourth-order valence-corrected chi connectivity index (χ4v) is 2.33. The molecule has 0 N–H and O–H groups in total. The van der Waals surface area contributed by atoms with Gasteiger partial charge in [-0.2, -0.15) is 17.0 Å². The van der Waals surface area contributed by atoms with Crippen molar-refractivity contribution in [1.82, 2.24) is 4.98 Å². The Bertz CT molecular complexity index is 337. The van der Waals surface area contributed by atoms with E-state index >= 15 is 0 Å². The Kier molecular flexibility index (Phi) is 10.2. The lowest BCUT2D eigenvalue weighted by Crippen LogP contribution is -2.32. The lowest BCUT2D eigenvalue weighted by atomic mass is 10.3. The highest BCUT2D eigenvalue weighted by Crippen LogP contribution is 2.16. The normalized spacial score (nSPS) is 13.4. The average Bonchev–Trinajstić information content (AvgIpc) is 2.52. The van der Waals surface area contributed by atoms with Gasteiger partial charge in [-0.25, -0.2) is 4.98 Å². The van der Waals surface area contributed by atoms with Crippen molar-refractivity contribution in [2.24, 2.45) is 0 Å². The van der Waals surface area contributed by atoms with Crippen LogP contribution in [0.2, 0.25) is 0 Å². The molecule has 1 aromatic rings. The Morgan fingerprint density at radius 1 is 1.17 bits per heavy atom. The molecule has 100 valence electrons. The van der Waals surface area contributed by atoms with E-state index in [1.807, 2.05) is 51.6 Å². The van der Waals surface area contributed by atoms with Gasteiger partial charge in [0.1, 0.15) is 11.9 Å². The van der Waals surface area contributed by atoms with Gasteiger partial charge >= 0.3 is 0 Å². The van der Waals surface area contributed by atoms with Crippen LogP contribution in [0.3, 0.4) is 0 Å². The van der Waals surface area contributed by atoms with Gasteiger partial charge in [-0.15, -0.1) is 0 Å². The molecule has 0 saturated carbocycles. The van der Waals surface area contributed by atoms with Crippen molar-refractivity contribution in [3.63, 3.8) is 0 Å².